The van der Waals surface area contributed by atoms with Crippen LogP contribution in [0.25, 0.3) is 0 Å². The van der Waals surface area contributed by atoms with E-state index in [1.54, 1.807) is 17.0 Å². The zero-order valence-corrected chi connectivity index (χ0v) is 14.5. The number of nitrogens with two attached hydrogens (primary N) is 1. The monoisotopic (exact) mass is 393 g/mol. The van der Waals surface area contributed by atoms with Crippen LogP contribution in [0.4, 0.5) is 0 Å². The first-order valence-corrected chi connectivity index (χ1v) is 9.72. The molecule has 0 atom stereocenters. The summed E-state index contributed by atoms with van der Waals surface area (Å²) in [7, 11) is -3.46. The van der Waals surface area contributed by atoms with Gasteiger partial charge in [-0.25, -0.2) is 8.42 Å². The van der Waals surface area contributed by atoms with E-state index >= 15 is 0 Å². The minimum absolute atomic E-state index is 0.0431. The molecule has 1 aromatic rings. The van der Waals surface area contributed by atoms with Gasteiger partial charge in [-0.2, -0.15) is 4.31 Å². The Labute approximate surface area is 136 Å². The molecule has 116 valence electrons. The summed E-state index contributed by atoms with van der Waals surface area (Å²) in [5, 5.41) is 0. The van der Waals surface area contributed by atoms with Crippen LogP contribution in [-0.4, -0.2) is 55.2 Å². The van der Waals surface area contributed by atoms with Crippen molar-refractivity contribution in [2.24, 2.45) is 5.73 Å². The van der Waals surface area contributed by atoms with Crippen molar-refractivity contribution in [3.8, 4) is 0 Å². The molecule has 1 saturated heterocycles. The van der Waals surface area contributed by atoms with Gasteiger partial charge in [-0.1, -0.05) is 0 Å². The number of carbonyl (C=O) groups excluding carboxylic acids is 1. The fourth-order valence-corrected chi connectivity index (χ4v) is 5.94. The third-order valence-corrected chi connectivity index (χ3v) is 7.87. The molecule has 0 bridgehead atoms. The van der Waals surface area contributed by atoms with Crippen LogP contribution in [0, 0.1) is 0 Å². The van der Waals surface area contributed by atoms with Gasteiger partial charge in [0.05, 0.1) is 9.33 Å². The smallest absolute Gasteiger partial charge is 0.252 e. The highest BCUT2D eigenvalue weighted by Gasteiger charge is 2.48. The predicted molar refractivity (Wildman–Crippen MR) is 83.5 cm³/mol. The number of hydrogen-bond acceptors (Lipinski definition) is 5. The second-order valence-corrected chi connectivity index (χ2v) is 10.0. The highest BCUT2D eigenvalue weighted by molar-refractivity contribution is 9.11. The van der Waals surface area contributed by atoms with Gasteiger partial charge in [0.25, 0.3) is 10.0 Å². The van der Waals surface area contributed by atoms with Crippen molar-refractivity contribution in [1.29, 1.82) is 0 Å². The molecule has 21 heavy (non-hydrogen) atoms. The summed E-state index contributed by atoms with van der Waals surface area (Å²) >= 11 is 4.47. The molecule has 3 rings (SSSR count). The number of carbonyl (C=O) groups is 1. The number of hydrogen-bond donors (Lipinski definition) is 1. The van der Waals surface area contributed by atoms with Crippen LogP contribution in [0.2, 0.25) is 0 Å². The lowest BCUT2D eigenvalue weighted by molar-refractivity contribution is -0.134. The molecule has 1 aromatic heterocycles. The van der Waals surface area contributed by atoms with Gasteiger partial charge in [0.2, 0.25) is 5.91 Å². The Morgan fingerprint density at radius 1 is 1.24 bits per heavy atom. The Morgan fingerprint density at radius 3 is 2.33 bits per heavy atom. The second kappa shape index (κ2) is 5.31. The maximum absolute atomic E-state index is 12.5. The number of piperazine rings is 1. The molecule has 1 amide bonds. The van der Waals surface area contributed by atoms with Gasteiger partial charge in [-0.05, 0) is 40.9 Å². The van der Waals surface area contributed by atoms with E-state index in [4.69, 9.17) is 5.73 Å². The van der Waals surface area contributed by atoms with Gasteiger partial charge in [-0.15, -0.1) is 11.3 Å². The number of halogens is 1. The molecule has 6 nitrogen and oxygen atoms in total. The van der Waals surface area contributed by atoms with Crippen LogP contribution < -0.4 is 5.73 Å². The van der Waals surface area contributed by atoms with E-state index < -0.39 is 15.6 Å². The SMILES string of the molecule is NC1(C(=O)N2CCN(S(=O)(=O)c3ccc(Br)s3)CC2)CC1. The van der Waals surface area contributed by atoms with Crippen LogP contribution in [-0.2, 0) is 14.8 Å². The lowest BCUT2D eigenvalue weighted by Gasteiger charge is -2.35. The standard InChI is InChI=1S/C12H16BrN3O3S2/c13-9-1-2-10(20-9)21(18,19)16-7-5-15(6-8-16)11(17)12(14)3-4-12/h1-2H,3-8,14H2. The maximum Gasteiger partial charge on any atom is 0.252 e. The van der Waals surface area contributed by atoms with Crippen molar-refractivity contribution >= 4 is 43.2 Å². The minimum atomic E-state index is -3.46. The molecule has 0 radical (unpaired) electrons. The van der Waals surface area contributed by atoms with E-state index in [0.717, 1.165) is 16.6 Å². The summed E-state index contributed by atoms with van der Waals surface area (Å²) in [5.41, 5.74) is 5.23. The fraction of sp³-hybridized carbons (Fsp3) is 0.583. The molecule has 2 fully saturated rings. The maximum atomic E-state index is 12.5. The predicted octanol–water partition coefficient (Wildman–Crippen LogP) is 0.835. The molecule has 0 spiro atoms. The second-order valence-electron chi connectivity index (χ2n) is 5.41. The summed E-state index contributed by atoms with van der Waals surface area (Å²) < 4.78 is 27.5. The number of thiophene rings is 1. The molecule has 0 unspecified atom stereocenters. The highest BCUT2D eigenvalue weighted by atomic mass is 79.9. The molecule has 9 heteroatoms. The van der Waals surface area contributed by atoms with Gasteiger partial charge in [0.1, 0.15) is 4.21 Å². The van der Waals surface area contributed by atoms with Gasteiger partial charge in [0, 0.05) is 26.2 Å². The molecule has 0 aromatic carbocycles. The van der Waals surface area contributed by atoms with E-state index in [0.29, 0.717) is 30.4 Å². The molecule has 2 N–H and O–H groups in total. The van der Waals surface area contributed by atoms with Crippen LogP contribution in [0.5, 0.6) is 0 Å². The van der Waals surface area contributed by atoms with E-state index in [9.17, 15) is 13.2 Å². The van der Waals surface area contributed by atoms with E-state index in [2.05, 4.69) is 15.9 Å². The number of amides is 1. The summed E-state index contributed by atoms with van der Waals surface area (Å²) in [4.78, 5) is 13.8. The molecule has 1 saturated carbocycles. The third-order valence-electron chi connectivity index (χ3n) is 3.88. The molecular weight excluding hydrogens is 378 g/mol. The summed E-state index contributed by atoms with van der Waals surface area (Å²) in [6, 6.07) is 3.32. The Hall–Kier alpha value is -0.480. The Bertz CT molecular complexity index is 661. The van der Waals surface area contributed by atoms with E-state index in [1.807, 2.05) is 0 Å². The molecule has 2 aliphatic rings. The van der Waals surface area contributed by atoms with Crippen molar-refractivity contribution in [3.05, 3.63) is 15.9 Å². The molecule has 2 heterocycles. The first-order chi connectivity index (χ1) is 9.83. The zero-order chi connectivity index (χ0) is 15.3. The minimum Gasteiger partial charge on any atom is -0.338 e. The average Bonchev–Trinajstić information content (AvgIpc) is 3.06. The van der Waals surface area contributed by atoms with Gasteiger partial charge in [-0.3, -0.25) is 4.79 Å². The van der Waals surface area contributed by atoms with Crippen LogP contribution >= 0.6 is 27.3 Å². The number of nitrogens with zero attached hydrogens (tertiary/aromatic N) is 2. The van der Waals surface area contributed by atoms with Gasteiger partial charge in [0.15, 0.2) is 0 Å². The van der Waals surface area contributed by atoms with E-state index in [-0.39, 0.29) is 5.91 Å². The fourth-order valence-electron chi connectivity index (χ4n) is 2.36. The topological polar surface area (TPSA) is 83.7 Å². The molecule has 1 aliphatic heterocycles. The van der Waals surface area contributed by atoms with Gasteiger partial charge < -0.3 is 10.6 Å². The highest BCUT2D eigenvalue weighted by Crippen LogP contribution is 2.35. The van der Waals surface area contributed by atoms with Crippen molar-refractivity contribution in [3.63, 3.8) is 0 Å². The summed E-state index contributed by atoms with van der Waals surface area (Å²) in [6.45, 7) is 1.45. The average molecular weight is 394 g/mol. The first kappa shape index (κ1) is 15.4. The molecule has 1 aliphatic carbocycles. The number of sulfonamides is 1. The first-order valence-electron chi connectivity index (χ1n) is 6.67. The van der Waals surface area contributed by atoms with Crippen molar-refractivity contribution < 1.29 is 13.2 Å². The Kier molecular flexibility index (Phi) is 3.90. The normalized spacial score (nSPS) is 22.3. The van der Waals surface area contributed by atoms with Crippen LogP contribution in [0.15, 0.2) is 20.1 Å². The van der Waals surface area contributed by atoms with Crippen molar-refractivity contribution in [2.45, 2.75) is 22.6 Å². The number of rotatable bonds is 3. The zero-order valence-electron chi connectivity index (χ0n) is 11.3. The van der Waals surface area contributed by atoms with Gasteiger partial charge >= 0.3 is 0 Å². The van der Waals surface area contributed by atoms with Crippen molar-refractivity contribution in [2.75, 3.05) is 26.2 Å². The van der Waals surface area contributed by atoms with E-state index in [1.165, 1.54) is 15.6 Å². The summed E-state index contributed by atoms with van der Waals surface area (Å²) in [5.74, 6) is -0.0431. The Balaban J connectivity index is 1.67. The third kappa shape index (κ3) is 2.89. The summed E-state index contributed by atoms with van der Waals surface area (Å²) in [6.07, 6.45) is 1.46. The quantitative estimate of drug-likeness (QED) is 0.824. The largest absolute Gasteiger partial charge is 0.338 e. The van der Waals surface area contributed by atoms with Crippen LogP contribution in [0.1, 0.15) is 12.8 Å². The lowest BCUT2D eigenvalue weighted by Crippen LogP contribution is -2.55. The molecular formula is C12H16BrN3O3S2. The van der Waals surface area contributed by atoms with Crippen LogP contribution in [0.3, 0.4) is 0 Å². The lowest BCUT2D eigenvalue weighted by atomic mass is 10.2. The van der Waals surface area contributed by atoms with Crippen molar-refractivity contribution in [1.82, 2.24) is 9.21 Å². The Morgan fingerprint density at radius 2 is 1.86 bits per heavy atom.